The van der Waals surface area contributed by atoms with Gasteiger partial charge in [0.05, 0.1) is 6.54 Å². The first-order chi connectivity index (χ1) is 11.2. The predicted octanol–water partition coefficient (Wildman–Crippen LogP) is 2.53. The van der Waals surface area contributed by atoms with Crippen LogP contribution in [0.5, 0.6) is 5.75 Å². The van der Waals surface area contributed by atoms with Gasteiger partial charge >= 0.3 is 0 Å². The van der Waals surface area contributed by atoms with Crippen molar-refractivity contribution in [2.75, 3.05) is 6.54 Å². The van der Waals surface area contributed by atoms with Crippen LogP contribution in [-0.4, -0.2) is 28.5 Å². The molecule has 0 aliphatic carbocycles. The van der Waals surface area contributed by atoms with Gasteiger partial charge in [-0.2, -0.15) is 0 Å². The van der Waals surface area contributed by atoms with Crippen LogP contribution in [0.4, 0.5) is 0 Å². The molecule has 5 nitrogen and oxygen atoms in total. The van der Waals surface area contributed by atoms with Crippen molar-refractivity contribution in [3.63, 3.8) is 0 Å². The first kappa shape index (κ1) is 15.2. The number of benzene rings is 1. The van der Waals surface area contributed by atoms with E-state index in [-0.39, 0.29) is 12.0 Å². The van der Waals surface area contributed by atoms with Crippen molar-refractivity contribution in [3.8, 4) is 16.9 Å². The number of carbonyl (C=O) groups is 1. The van der Waals surface area contributed by atoms with Crippen LogP contribution in [0.3, 0.4) is 0 Å². The van der Waals surface area contributed by atoms with Crippen LogP contribution in [0.1, 0.15) is 19.4 Å². The Morgan fingerprint density at radius 3 is 2.91 bits per heavy atom. The summed E-state index contributed by atoms with van der Waals surface area (Å²) in [5, 5.41) is 2.91. The third kappa shape index (κ3) is 3.23. The van der Waals surface area contributed by atoms with Gasteiger partial charge in [-0.15, -0.1) is 0 Å². The van der Waals surface area contributed by atoms with E-state index < -0.39 is 0 Å². The number of aromatic nitrogens is 2. The van der Waals surface area contributed by atoms with Gasteiger partial charge in [0.1, 0.15) is 18.2 Å². The molecular weight excluding hydrogens is 290 g/mol. The lowest BCUT2D eigenvalue weighted by molar-refractivity contribution is -0.117. The van der Waals surface area contributed by atoms with E-state index in [9.17, 15) is 4.79 Å². The molecule has 0 fully saturated rings. The summed E-state index contributed by atoms with van der Waals surface area (Å²) in [6, 6.07) is 6.07. The Morgan fingerprint density at radius 1 is 1.39 bits per heavy atom. The first-order valence-corrected chi connectivity index (χ1v) is 7.64. The van der Waals surface area contributed by atoms with Gasteiger partial charge in [0.2, 0.25) is 5.91 Å². The Morgan fingerprint density at radius 2 is 2.17 bits per heavy atom. The molecular formula is C18H19N3O2. The van der Waals surface area contributed by atoms with Crippen molar-refractivity contribution in [2.24, 2.45) is 0 Å². The molecule has 1 unspecified atom stereocenters. The molecule has 0 bridgehead atoms. The van der Waals surface area contributed by atoms with Gasteiger partial charge < -0.3 is 10.1 Å². The average molecular weight is 309 g/mol. The second-order valence-corrected chi connectivity index (χ2v) is 5.55. The quantitative estimate of drug-likeness (QED) is 0.882. The number of allylic oxidation sites excluding steroid dienone is 1. The fourth-order valence-electron chi connectivity index (χ4n) is 2.59. The Bertz CT molecular complexity index is 741. The molecule has 23 heavy (non-hydrogen) atoms. The van der Waals surface area contributed by atoms with Gasteiger partial charge in [-0.25, -0.2) is 9.97 Å². The molecule has 1 amide bonds. The van der Waals surface area contributed by atoms with Gasteiger partial charge in [-0.05, 0) is 19.4 Å². The minimum Gasteiger partial charge on any atom is -0.487 e. The molecule has 3 rings (SSSR count). The highest BCUT2D eigenvalue weighted by Gasteiger charge is 2.26. The summed E-state index contributed by atoms with van der Waals surface area (Å²) in [4.78, 5) is 20.0. The van der Waals surface area contributed by atoms with Gasteiger partial charge in [0.15, 0.2) is 0 Å². The smallest absolute Gasteiger partial charge is 0.246 e. The van der Waals surface area contributed by atoms with Gasteiger partial charge in [0, 0.05) is 35.5 Å². The Kier molecular flexibility index (Phi) is 4.37. The molecule has 1 aromatic carbocycles. The van der Waals surface area contributed by atoms with Crippen molar-refractivity contribution in [1.29, 1.82) is 0 Å². The van der Waals surface area contributed by atoms with E-state index in [0.717, 1.165) is 28.9 Å². The molecule has 2 aromatic rings. The molecule has 1 atom stereocenters. The number of ether oxygens (including phenoxy) is 1. The number of amides is 1. The summed E-state index contributed by atoms with van der Waals surface area (Å²) in [5.74, 6) is 0.813. The van der Waals surface area contributed by atoms with Crippen LogP contribution < -0.4 is 10.1 Å². The lowest BCUT2D eigenvalue weighted by Gasteiger charge is -2.13. The van der Waals surface area contributed by atoms with E-state index in [1.165, 1.54) is 6.33 Å². The topological polar surface area (TPSA) is 64.1 Å². The Hall–Kier alpha value is -2.69. The maximum Gasteiger partial charge on any atom is 0.246 e. The number of carbonyl (C=O) groups excluding carboxylic acids is 1. The number of nitrogens with zero attached hydrogens (tertiary/aromatic N) is 2. The molecule has 0 saturated heterocycles. The van der Waals surface area contributed by atoms with E-state index in [4.69, 9.17) is 4.74 Å². The molecule has 0 saturated carbocycles. The molecule has 2 heterocycles. The van der Waals surface area contributed by atoms with Gasteiger partial charge in [0.25, 0.3) is 0 Å². The van der Waals surface area contributed by atoms with Crippen molar-refractivity contribution in [1.82, 2.24) is 15.3 Å². The number of nitrogens with one attached hydrogen (secondary N) is 1. The monoisotopic (exact) mass is 309 g/mol. The summed E-state index contributed by atoms with van der Waals surface area (Å²) < 4.78 is 6.07. The third-order valence-corrected chi connectivity index (χ3v) is 3.98. The molecule has 0 radical (unpaired) electrons. The number of rotatable bonds is 4. The minimum atomic E-state index is -0.0521. The Labute approximate surface area is 135 Å². The third-order valence-electron chi connectivity index (χ3n) is 3.98. The maximum absolute atomic E-state index is 11.8. The van der Waals surface area contributed by atoms with Gasteiger partial charge in [-0.3, -0.25) is 4.79 Å². The fraction of sp³-hybridized carbons (Fsp3) is 0.278. The second kappa shape index (κ2) is 6.60. The first-order valence-electron chi connectivity index (χ1n) is 7.64. The average Bonchev–Trinajstić information content (AvgIpc) is 3.02. The minimum absolute atomic E-state index is 0.0515. The zero-order chi connectivity index (χ0) is 16.2. The number of fused-ring (bicyclic) bond motifs is 1. The molecule has 1 aliphatic heterocycles. The normalized spacial score (nSPS) is 16.6. The van der Waals surface area contributed by atoms with E-state index >= 15 is 0 Å². The molecule has 5 heteroatoms. The zero-order valence-corrected chi connectivity index (χ0v) is 13.2. The summed E-state index contributed by atoms with van der Waals surface area (Å²) in [5.41, 5.74) is 3.77. The zero-order valence-electron chi connectivity index (χ0n) is 13.2. The molecule has 118 valence electrons. The van der Waals surface area contributed by atoms with E-state index in [1.54, 1.807) is 25.4 Å². The number of hydrogen-bond donors (Lipinski definition) is 1. The van der Waals surface area contributed by atoms with E-state index in [2.05, 4.69) is 21.4 Å². The summed E-state index contributed by atoms with van der Waals surface area (Å²) in [6.07, 6.45) is 7.59. The highest BCUT2D eigenvalue weighted by molar-refractivity contribution is 5.92. The molecule has 1 aliphatic rings. The summed E-state index contributed by atoms with van der Waals surface area (Å²) in [6.45, 7) is 4.14. The number of hydrogen-bond acceptors (Lipinski definition) is 4. The largest absolute Gasteiger partial charge is 0.487 e. The molecule has 1 aromatic heterocycles. The molecule has 0 spiro atoms. The summed E-state index contributed by atoms with van der Waals surface area (Å²) in [7, 11) is 0. The SMILES string of the molecule is CC=C(C)C(=O)NCC1Cc2cccc(-c3cncnc3)c2O1. The van der Waals surface area contributed by atoms with Crippen LogP contribution in [0.25, 0.3) is 11.1 Å². The lowest BCUT2D eigenvalue weighted by Crippen LogP contribution is -2.34. The van der Waals surface area contributed by atoms with Crippen molar-refractivity contribution in [3.05, 3.63) is 54.1 Å². The van der Waals surface area contributed by atoms with Gasteiger partial charge in [-0.1, -0.05) is 24.3 Å². The van der Waals surface area contributed by atoms with Crippen molar-refractivity contribution >= 4 is 5.91 Å². The number of para-hydroxylation sites is 1. The summed E-state index contributed by atoms with van der Waals surface area (Å²) >= 11 is 0. The van der Waals surface area contributed by atoms with E-state index in [0.29, 0.717) is 12.1 Å². The predicted molar refractivity (Wildman–Crippen MR) is 88.0 cm³/mol. The lowest BCUT2D eigenvalue weighted by atomic mass is 10.0. The second-order valence-electron chi connectivity index (χ2n) is 5.55. The standard InChI is InChI=1S/C18H19N3O2/c1-3-12(2)18(22)21-10-15-7-13-5-4-6-16(17(13)23-15)14-8-19-11-20-9-14/h3-6,8-9,11,15H,7,10H2,1-2H3,(H,21,22). The van der Waals surface area contributed by atoms with Crippen molar-refractivity contribution in [2.45, 2.75) is 26.4 Å². The van der Waals surface area contributed by atoms with E-state index in [1.807, 2.05) is 19.1 Å². The Balaban J connectivity index is 1.73. The van der Waals surface area contributed by atoms with Crippen LogP contribution in [0.2, 0.25) is 0 Å². The highest BCUT2D eigenvalue weighted by Crippen LogP contribution is 2.38. The van der Waals surface area contributed by atoms with Crippen LogP contribution in [0, 0.1) is 0 Å². The van der Waals surface area contributed by atoms with Crippen LogP contribution in [0.15, 0.2) is 48.6 Å². The highest BCUT2D eigenvalue weighted by atomic mass is 16.5. The van der Waals surface area contributed by atoms with Crippen LogP contribution >= 0.6 is 0 Å². The molecule has 1 N–H and O–H groups in total. The van der Waals surface area contributed by atoms with Crippen molar-refractivity contribution < 1.29 is 9.53 Å². The van der Waals surface area contributed by atoms with Crippen LogP contribution in [-0.2, 0) is 11.2 Å². The maximum atomic E-state index is 11.8. The fourth-order valence-corrected chi connectivity index (χ4v) is 2.59.